The molecule has 2 aliphatic rings. The molecule has 30 heavy (non-hydrogen) atoms. The number of carbonyl (C=O) groups is 2. The maximum atomic E-state index is 12.8. The molecule has 1 atom stereocenters. The van der Waals surface area contributed by atoms with Gasteiger partial charge in [0, 0.05) is 35.8 Å². The first-order chi connectivity index (χ1) is 14.6. The van der Waals surface area contributed by atoms with E-state index in [1.165, 1.54) is 0 Å². The van der Waals surface area contributed by atoms with Crippen molar-refractivity contribution in [3.63, 3.8) is 0 Å². The van der Waals surface area contributed by atoms with Gasteiger partial charge in [-0.2, -0.15) is 0 Å². The number of hydrogen-bond donors (Lipinski definition) is 0. The van der Waals surface area contributed by atoms with Crippen molar-refractivity contribution in [3.05, 3.63) is 64.7 Å². The Morgan fingerprint density at radius 1 is 0.933 bits per heavy atom. The maximum Gasteiger partial charge on any atom is 0.254 e. The van der Waals surface area contributed by atoms with E-state index >= 15 is 0 Å². The lowest BCUT2D eigenvalue weighted by molar-refractivity contribution is 0.0303. The molecule has 0 saturated carbocycles. The van der Waals surface area contributed by atoms with Gasteiger partial charge in [-0.25, -0.2) is 0 Å². The molecule has 0 aromatic heterocycles. The summed E-state index contributed by atoms with van der Waals surface area (Å²) < 4.78 is 11.2. The summed E-state index contributed by atoms with van der Waals surface area (Å²) in [4.78, 5) is 29.0. The number of hydrogen-bond acceptors (Lipinski definition) is 4. The molecule has 0 radical (unpaired) electrons. The number of ether oxygens (including phenoxy) is 2. The van der Waals surface area contributed by atoms with E-state index in [4.69, 9.17) is 21.1 Å². The second-order valence-corrected chi connectivity index (χ2v) is 7.98. The highest BCUT2D eigenvalue weighted by Crippen LogP contribution is 2.23. The number of rotatable bonds is 5. The van der Waals surface area contributed by atoms with Gasteiger partial charge in [-0.15, -0.1) is 0 Å². The number of carbonyl (C=O) groups excluding carboxylic acids is 2. The van der Waals surface area contributed by atoms with Gasteiger partial charge in [0.25, 0.3) is 11.8 Å². The summed E-state index contributed by atoms with van der Waals surface area (Å²) in [5.41, 5.74) is 1.28. The molecule has 0 aliphatic carbocycles. The largest absolute Gasteiger partial charge is 0.491 e. The van der Waals surface area contributed by atoms with Crippen molar-refractivity contribution in [1.82, 2.24) is 9.80 Å². The number of amides is 2. The van der Waals surface area contributed by atoms with Crippen molar-refractivity contribution in [2.24, 2.45) is 0 Å². The summed E-state index contributed by atoms with van der Waals surface area (Å²) >= 11 is 5.92. The predicted molar refractivity (Wildman–Crippen MR) is 114 cm³/mol. The zero-order valence-electron chi connectivity index (χ0n) is 16.8. The van der Waals surface area contributed by atoms with Crippen LogP contribution in [0.25, 0.3) is 0 Å². The molecule has 0 N–H and O–H groups in total. The topological polar surface area (TPSA) is 59.1 Å². The number of nitrogens with zero attached hydrogens (tertiary/aromatic N) is 2. The zero-order chi connectivity index (χ0) is 20.9. The maximum absolute atomic E-state index is 12.8. The van der Waals surface area contributed by atoms with Crippen molar-refractivity contribution in [3.8, 4) is 5.75 Å². The lowest BCUT2D eigenvalue weighted by Gasteiger charge is -2.27. The summed E-state index contributed by atoms with van der Waals surface area (Å²) in [6, 6.07) is 14.2. The minimum Gasteiger partial charge on any atom is -0.491 e. The van der Waals surface area contributed by atoms with Crippen LogP contribution in [-0.4, -0.2) is 67.1 Å². The first kappa shape index (κ1) is 20.7. The van der Waals surface area contributed by atoms with Crippen LogP contribution < -0.4 is 4.74 Å². The van der Waals surface area contributed by atoms with Crippen LogP contribution in [-0.2, 0) is 4.74 Å². The van der Waals surface area contributed by atoms with E-state index < -0.39 is 0 Å². The highest BCUT2D eigenvalue weighted by molar-refractivity contribution is 6.30. The van der Waals surface area contributed by atoms with E-state index in [2.05, 4.69) is 0 Å². The van der Waals surface area contributed by atoms with Gasteiger partial charge in [-0.05, 0) is 61.4 Å². The van der Waals surface area contributed by atoms with Gasteiger partial charge in [0.15, 0.2) is 0 Å². The fraction of sp³-hybridized carbons (Fsp3) is 0.391. The van der Waals surface area contributed by atoms with Crippen molar-refractivity contribution in [1.29, 1.82) is 0 Å². The van der Waals surface area contributed by atoms with Gasteiger partial charge >= 0.3 is 0 Å². The number of morpholine rings is 1. The third kappa shape index (κ3) is 4.77. The van der Waals surface area contributed by atoms with Gasteiger partial charge in [-0.1, -0.05) is 11.6 Å². The van der Waals surface area contributed by atoms with Crippen LogP contribution in [0.15, 0.2) is 48.5 Å². The Morgan fingerprint density at radius 2 is 1.57 bits per heavy atom. The average molecular weight is 429 g/mol. The molecule has 158 valence electrons. The SMILES string of the molecule is O=C(c1ccc(OCC2CCCN2C(=O)c2ccc(Cl)cc2)cc1)N1CCOCC1. The van der Waals surface area contributed by atoms with E-state index in [0.29, 0.717) is 54.8 Å². The Bertz CT molecular complexity index is 879. The fourth-order valence-corrected chi connectivity index (χ4v) is 4.00. The summed E-state index contributed by atoms with van der Waals surface area (Å²) in [5, 5.41) is 0.614. The predicted octanol–water partition coefficient (Wildman–Crippen LogP) is 3.50. The monoisotopic (exact) mass is 428 g/mol. The smallest absolute Gasteiger partial charge is 0.254 e. The van der Waals surface area contributed by atoms with Crippen molar-refractivity contribution in [2.75, 3.05) is 39.5 Å². The third-order valence-electron chi connectivity index (χ3n) is 5.57. The first-order valence-corrected chi connectivity index (χ1v) is 10.7. The van der Waals surface area contributed by atoms with Gasteiger partial charge in [-0.3, -0.25) is 9.59 Å². The van der Waals surface area contributed by atoms with E-state index in [0.717, 1.165) is 19.4 Å². The minimum atomic E-state index is 0.00391. The van der Waals surface area contributed by atoms with Crippen LogP contribution in [0.1, 0.15) is 33.6 Å². The lowest BCUT2D eigenvalue weighted by atomic mass is 10.1. The van der Waals surface area contributed by atoms with Gasteiger partial charge < -0.3 is 19.3 Å². The molecule has 4 rings (SSSR count). The van der Waals surface area contributed by atoms with E-state index in [-0.39, 0.29) is 17.9 Å². The molecular formula is C23H25ClN2O4. The van der Waals surface area contributed by atoms with Crippen LogP contribution in [0, 0.1) is 0 Å². The summed E-state index contributed by atoms with van der Waals surface area (Å²) in [5.74, 6) is 0.712. The third-order valence-corrected chi connectivity index (χ3v) is 5.82. The van der Waals surface area contributed by atoms with Gasteiger partial charge in [0.2, 0.25) is 0 Å². The Kier molecular flexibility index (Phi) is 6.55. The lowest BCUT2D eigenvalue weighted by Crippen LogP contribution is -2.40. The van der Waals surface area contributed by atoms with Crippen LogP contribution in [0.3, 0.4) is 0 Å². The molecule has 0 spiro atoms. The van der Waals surface area contributed by atoms with Crippen LogP contribution in [0.4, 0.5) is 0 Å². The number of likely N-dealkylation sites (tertiary alicyclic amines) is 1. The molecule has 0 bridgehead atoms. The number of benzene rings is 2. The molecule has 2 amide bonds. The van der Waals surface area contributed by atoms with Crippen LogP contribution >= 0.6 is 11.6 Å². The van der Waals surface area contributed by atoms with Gasteiger partial charge in [0.05, 0.1) is 19.3 Å². The number of halogens is 1. The highest BCUT2D eigenvalue weighted by Gasteiger charge is 2.30. The molecule has 7 heteroatoms. The Balaban J connectivity index is 1.34. The second-order valence-electron chi connectivity index (χ2n) is 7.54. The van der Waals surface area contributed by atoms with Gasteiger partial charge in [0.1, 0.15) is 12.4 Å². The molecule has 2 heterocycles. The van der Waals surface area contributed by atoms with Crippen LogP contribution in [0.2, 0.25) is 5.02 Å². The Labute approximate surface area is 181 Å². The fourth-order valence-electron chi connectivity index (χ4n) is 3.87. The molecule has 2 aliphatic heterocycles. The minimum absolute atomic E-state index is 0.00391. The molecule has 6 nitrogen and oxygen atoms in total. The Morgan fingerprint density at radius 3 is 2.27 bits per heavy atom. The highest BCUT2D eigenvalue weighted by atomic mass is 35.5. The van der Waals surface area contributed by atoms with E-state index in [9.17, 15) is 9.59 Å². The van der Waals surface area contributed by atoms with Crippen molar-refractivity contribution < 1.29 is 19.1 Å². The molecule has 2 saturated heterocycles. The zero-order valence-corrected chi connectivity index (χ0v) is 17.5. The standard InChI is InChI=1S/C23H25ClN2O4/c24-19-7-3-18(4-8-19)23(28)26-11-1-2-20(26)16-30-21-9-5-17(6-10-21)22(27)25-12-14-29-15-13-25/h3-10,20H,1-2,11-16H2. The summed E-state index contributed by atoms with van der Waals surface area (Å²) in [6.07, 6.45) is 1.87. The second kappa shape index (κ2) is 9.49. The summed E-state index contributed by atoms with van der Waals surface area (Å²) in [6.45, 7) is 3.56. The molecule has 2 aromatic rings. The molecule has 2 fully saturated rings. The molecule has 1 unspecified atom stereocenters. The van der Waals surface area contributed by atoms with E-state index in [1.807, 2.05) is 17.0 Å². The quantitative estimate of drug-likeness (QED) is 0.731. The Hall–Kier alpha value is -2.57. The van der Waals surface area contributed by atoms with Crippen LogP contribution in [0.5, 0.6) is 5.75 Å². The summed E-state index contributed by atoms with van der Waals surface area (Å²) in [7, 11) is 0. The molecule has 2 aromatic carbocycles. The normalized spacial score (nSPS) is 19.0. The van der Waals surface area contributed by atoms with Crippen molar-refractivity contribution in [2.45, 2.75) is 18.9 Å². The molecular weight excluding hydrogens is 404 g/mol. The average Bonchev–Trinajstić information content (AvgIpc) is 3.27. The van der Waals surface area contributed by atoms with Crippen molar-refractivity contribution >= 4 is 23.4 Å². The van der Waals surface area contributed by atoms with E-state index in [1.54, 1.807) is 41.3 Å². The first-order valence-electron chi connectivity index (χ1n) is 10.3.